The van der Waals surface area contributed by atoms with Crippen molar-refractivity contribution < 1.29 is 13.2 Å². The van der Waals surface area contributed by atoms with Gasteiger partial charge in [-0.3, -0.25) is 9.13 Å². The number of rotatable bonds is 2. The molecule has 120 valence electrons. The standard InChI is InChI=1S/C16H14F3N3O/c1-21-13-8-7-12(9-14(13)22(2)15(21)23)20-11-5-3-10(4-6-11)16(17,18)19/h3-9,20H,1-2H3. The van der Waals surface area contributed by atoms with Crippen molar-refractivity contribution >= 4 is 22.4 Å². The van der Waals surface area contributed by atoms with Crippen molar-refractivity contribution in [1.29, 1.82) is 0 Å². The molecule has 3 rings (SSSR count). The number of hydrogen-bond donors (Lipinski definition) is 1. The largest absolute Gasteiger partial charge is 0.416 e. The highest BCUT2D eigenvalue weighted by Crippen LogP contribution is 2.30. The van der Waals surface area contributed by atoms with Crippen molar-refractivity contribution in [1.82, 2.24) is 9.13 Å². The van der Waals surface area contributed by atoms with Crippen molar-refractivity contribution in [3.05, 3.63) is 58.5 Å². The zero-order valence-electron chi connectivity index (χ0n) is 12.5. The lowest BCUT2D eigenvalue weighted by Gasteiger charge is -2.10. The number of fused-ring (bicyclic) bond motifs is 1. The summed E-state index contributed by atoms with van der Waals surface area (Å²) < 4.78 is 40.7. The molecule has 0 aliphatic rings. The number of hydrogen-bond acceptors (Lipinski definition) is 2. The Labute approximate surface area is 129 Å². The van der Waals surface area contributed by atoms with E-state index in [1.807, 2.05) is 0 Å². The Balaban J connectivity index is 1.93. The maximum absolute atomic E-state index is 12.6. The van der Waals surface area contributed by atoms with E-state index in [1.165, 1.54) is 21.3 Å². The molecule has 1 heterocycles. The van der Waals surface area contributed by atoms with E-state index in [9.17, 15) is 18.0 Å². The molecule has 3 aromatic rings. The SMILES string of the molecule is Cn1c(=O)n(C)c2cc(Nc3ccc(C(F)(F)F)cc3)ccc21. The van der Waals surface area contributed by atoms with E-state index in [2.05, 4.69) is 5.32 Å². The first-order valence-corrected chi connectivity index (χ1v) is 6.87. The Morgan fingerprint density at radius 3 is 2.04 bits per heavy atom. The number of nitrogens with one attached hydrogen (secondary N) is 1. The molecule has 0 radical (unpaired) electrons. The molecule has 1 N–H and O–H groups in total. The summed E-state index contributed by atoms with van der Waals surface area (Å²) in [5.41, 5.74) is 1.94. The Kier molecular flexibility index (Phi) is 3.43. The number of halogens is 3. The topological polar surface area (TPSA) is 39.0 Å². The lowest BCUT2D eigenvalue weighted by atomic mass is 10.2. The Morgan fingerprint density at radius 2 is 1.43 bits per heavy atom. The second kappa shape index (κ2) is 5.19. The van der Waals surface area contributed by atoms with Gasteiger partial charge >= 0.3 is 11.9 Å². The molecule has 0 aliphatic carbocycles. The Bertz CT molecular complexity index is 921. The van der Waals surface area contributed by atoms with Gasteiger partial charge < -0.3 is 5.32 Å². The van der Waals surface area contributed by atoms with Crippen molar-refractivity contribution in [2.75, 3.05) is 5.32 Å². The molecule has 0 saturated heterocycles. The summed E-state index contributed by atoms with van der Waals surface area (Å²) in [6.45, 7) is 0. The quantitative estimate of drug-likeness (QED) is 0.783. The van der Waals surface area contributed by atoms with Gasteiger partial charge in [-0.05, 0) is 42.5 Å². The summed E-state index contributed by atoms with van der Waals surface area (Å²) in [5.74, 6) is 0. The number of imidazole rings is 1. The van der Waals surface area contributed by atoms with Crippen LogP contribution in [-0.2, 0) is 20.3 Å². The van der Waals surface area contributed by atoms with Crippen LogP contribution in [0.3, 0.4) is 0 Å². The highest BCUT2D eigenvalue weighted by Gasteiger charge is 2.29. The van der Waals surface area contributed by atoms with Crippen LogP contribution in [0.2, 0.25) is 0 Å². The van der Waals surface area contributed by atoms with Gasteiger partial charge in [-0.1, -0.05) is 0 Å². The molecule has 23 heavy (non-hydrogen) atoms. The van der Waals surface area contributed by atoms with Gasteiger partial charge in [0.25, 0.3) is 0 Å². The summed E-state index contributed by atoms with van der Waals surface area (Å²) in [6.07, 6.45) is -4.35. The van der Waals surface area contributed by atoms with Gasteiger partial charge in [0.1, 0.15) is 0 Å². The highest BCUT2D eigenvalue weighted by molar-refractivity contribution is 5.81. The van der Waals surface area contributed by atoms with Gasteiger partial charge in [0.05, 0.1) is 16.6 Å². The minimum atomic E-state index is -4.35. The second-order valence-electron chi connectivity index (χ2n) is 5.30. The smallest absolute Gasteiger partial charge is 0.355 e. The molecule has 0 aliphatic heterocycles. The van der Waals surface area contributed by atoms with E-state index in [4.69, 9.17) is 0 Å². The number of benzene rings is 2. The third kappa shape index (κ3) is 2.69. The summed E-state index contributed by atoms with van der Waals surface area (Å²) in [4.78, 5) is 11.9. The first-order valence-electron chi connectivity index (χ1n) is 6.87. The fourth-order valence-corrected chi connectivity index (χ4v) is 2.49. The third-order valence-electron chi connectivity index (χ3n) is 3.77. The molecule has 0 atom stereocenters. The maximum Gasteiger partial charge on any atom is 0.416 e. The predicted octanol–water partition coefficient (Wildman–Crippen LogP) is 3.64. The van der Waals surface area contributed by atoms with Crippen LogP contribution in [0.1, 0.15) is 5.56 Å². The summed E-state index contributed by atoms with van der Waals surface area (Å²) in [5, 5.41) is 3.04. The predicted molar refractivity (Wildman–Crippen MR) is 82.9 cm³/mol. The first-order chi connectivity index (χ1) is 10.8. The summed E-state index contributed by atoms with van der Waals surface area (Å²) >= 11 is 0. The minimum absolute atomic E-state index is 0.133. The number of aryl methyl sites for hydroxylation is 2. The average molecular weight is 321 g/mol. The summed E-state index contributed by atoms with van der Waals surface area (Å²) in [6, 6.07) is 10.2. The van der Waals surface area contributed by atoms with Crippen LogP contribution in [0.4, 0.5) is 24.5 Å². The molecule has 0 amide bonds. The molecule has 4 nitrogen and oxygen atoms in total. The molecule has 0 saturated carbocycles. The zero-order valence-corrected chi connectivity index (χ0v) is 12.5. The zero-order chi connectivity index (χ0) is 16.8. The van der Waals surface area contributed by atoms with Crippen molar-refractivity contribution in [2.45, 2.75) is 6.18 Å². The molecule has 0 fully saturated rings. The van der Waals surface area contributed by atoms with Crippen molar-refractivity contribution in [3.63, 3.8) is 0 Å². The van der Waals surface area contributed by atoms with Crippen molar-refractivity contribution in [2.24, 2.45) is 14.1 Å². The lowest BCUT2D eigenvalue weighted by Crippen LogP contribution is -2.19. The number of aromatic nitrogens is 2. The van der Waals surface area contributed by atoms with Gasteiger partial charge in [-0.2, -0.15) is 13.2 Å². The van der Waals surface area contributed by atoms with E-state index < -0.39 is 11.7 Å². The van der Waals surface area contributed by atoms with Gasteiger partial charge in [-0.15, -0.1) is 0 Å². The first kappa shape index (κ1) is 15.2. The Morgan fingerprint density at radius 1 is 0.870 bits per heavy atom. The number of nitrogens with zero attached hydrogens (tertiary/aromatic N) is 2. The summed E-state index contributed by atoms with van der Waals surface area (Å²) in [7, 11) is 3.36. The van der Waals surface area contributed by atoms with Crippen molar-refractivity contribution in [3.8, 4) is 0 Å². The average Bonchev–Trinajstić information content (AvgIpc) is 2.72. The van der Waals surface area contributed by atoms with E-state index in [1.54, 1.807) is 32.3 Å². The van der Waals surface area contributed by atoms with Crippen LogP contribution >= 0.6 is 0 Å². The van der Waals surface area contributed by atoms with Crippen LogP contribution in [0.5, 0.6) is 0 Å². The van der Waals surface area contributed by atoms with Crippen LogP contribution in [0, 0.1) is 0 Å². The van der Waals surface area contributed by atoms with E-state index in [0.29, 0.717) is 11.4 Å². The number of anilines is 2. The molecular formula is C16H14F3N3O. The monoisotopic (exact) mass is 321 g/mol. The number of alkyl halides is 3. The molecule has 2 aromatic carbocycles. The fraction of sp³-hybridized carbons (Fsp3) is 0.188. The normalized spacial score (nSPS) is 11.9. The molecule has 0 bridgehead atoms. The third-order valence-corrected chi connectivity index (χ3v) is 3.77. The maximum atomic E-state index is 12.6. The fourth-order valence-electron chi connectivity index (χ4n) is 2.49. The van der Waals surface area contributed by atoms with Gasteiger partial charge in [0, 0.05) is 25.5 Å². The second-order valence-corrected chi connectivity index (χ2v) is 5.30. The molecule has 0 spiro atoms. The Hall–Kier alpha value is -2.70. The van der Waals surface area contributed by atoms with E-state index in [0.717, 1.165) is 23.2 Å². The molecule has 0 unspecified atom stereocenters. The molecule has 7 heteroatoms. The highest BCUT2D eigenvalue weighted by atomic mass is 19.4. The molecule has 1 aromatic heterocycles. The van der Waals surface area contributed by atoms with Gasteiger partial charge in [0.15, 0.2) is 0 Å². The minimum Gasteiger partial charge on any atom is -0.355 e. The van der Waals surface area contributed by atoms with Gasteiger partial charge in [-0.25, -0.2) is 4.79 Å². The van der Waals surface area contributed by atoms with E-state index in [-0.39, 0.29) is 5.69 Å². The van der Waals surface area contributed by atoms with E-state index >= 15 is 0 Å². The van der Waals surface area contributed by atoms with Crippen LogP contribution in [-0.4, -0.2) is 9.13 Å². The lowest BCUT2D eigenvalue weighted by molar-refractivity contribution is -0.137. The van der Waals surface area contributed by atoms with Crippen LogP contribution in [0.25, 0.3) is 11.0 Å². The van der Waals surface area contributed by atoms with Crippen LogP contribution in [0.15, 0.2) is 47.3 Å². The molecular weight excluding hydrogens is 307 g/mol. The van der Waals surface area contributed by atoms with Gasteiger partial charge in [0.2, 0.25) is 0 Å². The van der Waals surface area contributed by atoms with Crippen LogP contribution < -0.4 is 11.0 Å².